The number of halogens is 1. The van der Waals surface area contributed by atoms with Gasteiger partial charge >= 0.3 is 0 Å². The van der Waals surface area contributed by atoms with E-state index in [1.165, 1.54) is 4.90 Å². The fourth-order valence-corrected chi connectivity index (χ4v) is 4.26. The van der Waals surface area contributed by atoms with Gasteiger partial charge in [0.15, 0.2) is 0 Å². The highest BCUT2D eigenvalue weighted by Gasteiger charge is 2.42. The van der Waals surface area contributed by atoms with E-state index in [-0.39, 0.29) is 11.8 Å². The Balaban J connectivity index is 1.75. The van der Waals surface area contributed by atoms with Crippen LogP contribution in [0.1, 0.15) is 43.7 Å². The average Bonchev–Trinajstić information content (AvgIpc) is 3.05. The molecule has 2 aliphatic heterocycles. The van der Waals surface area contributed by atoms with Gasteiger partial charge in [-0.05, 0) is 68.0 Å². The zero-order valence-corrected chi connectivity index (χ0v) is 18.7. The molecule has 31 heavy (non-hydrogen) atoms. The van der Waals surface area contributed by atoms with Crippen LogP contribution >= 0.6 is 11.6 Å². The van der Waals surface area contributed by atoms with Gasteiger partial charge in [0.05, 0.1) is 17.9 Å². The topological polar surface area (TPSA) is 49.9 Å². The average molecular weight is 439 g/mol. The van der Waals surface area contributed by atoms with E-state index in [4.69, 9.17) is 16.3 Å². The molecule has 2 heterocycles. The van der Waals surface area contributed by atoms with Crippen molar-refractivity contribution in [3.05, 3.63) is 64.3 Å². The number of amides is 2. The van der Waals surface area contributed by atoms with E-state index in [1.54, 1.807) is 12.1 Å². The Labute approximate surface area is 188 Å². The zero-order valence-electron chi connectivity index (χ0n) is 18.0. The van der Waals surface area contributed by atoms with Gasteiger partial charge in [-0.3, -0.25) is 9.59 Å². The molecular formula is C25H27ClN2O3. The van der Waals surface area contributed by atoms with Gasteiger partial charge in [0, 0.05) is 18.1 Å². The second-order valence-electron chi connectivity index (χ2n) is 8.02. The summed E-state index contributed by atoms with van der Waals surface area (Å²) in [6.45, 7) is 6.14. The molecule has 5 nitrogen and oxygen atoms in total. The van der Waals surface area contributed by atoms with E-state index in [1.807, 2.05) is 37.3 Å². The lowest BCUT2D eigenvalue weighted by Gasteiger charge is -2.29. The molecular weight excluding hydrogens is 412 g/mol. The summed E-state index contributed by atoms with van der Waals surface area (Å²) in [7, 11) is 0. The zero-order chi connectivity index (χ0) is 22.0. The molecule has 2 aliphatic rings. The highest BCUT2D eigenvalue weighted by molar-refractivity contribution is 6.45. The molecule has 0 radical (unpaired) electrons. The number of hydrogen-bond acceptors (Lipinski definition) is 4. The van der Waals surface area contributed by atoms with Crippen molar-refractivity contribution in [3.8, 4) is 5.75 Å². The van der Waals surface area contributed by atoms with Crippen molar-refractivity contribution in [1.29, 1.82) is 0 Å². The Morgan fingerprint density at radius 1 is 0.968 bits per heavy atom. The van der Waals surface area contributed by atoms with Crippen molar-refractivity contribution in [2.24, 2.45) is 0 Å². The second-order valence-corrected chi connectivity index (χ2v) is 8.43. The molecule has 1 saturated heterocycles. The number of imide groups is 1. The lowest BCUT2D eigenvalue weighted by molar-refractivity contribution is -0.120. The summed E-state index contributed by atoms with van der Waals surface area (Å²) in [5, 5.41) is 0.531. The Morgan fingerprint density at radius 2 is 1.68 bits per heavy atom. The summed E-state index contributed by atoms with van der Waals surface area (Å²) in [6, 6.07) is 12.7. The number of piperidine rings is 1. The van der Waals surface area contributed by atoms with Crippen LogP contribution in [0.4, 0.5) is 5.69 Å². The fourth-order valence-electron chi connectivity index (χ4n) is 4.08. The molecule has 0 aromatic heterocycles. The van der Waals surface area contributed by atoms with Crippen molar-refractivity contribution in [2.45, 2.75) is 39.5 Å². The number of anilines is 1. The first-order valence-electron chi connectivity index (χ1n) is 10.9. The van der Waals surface area contributed by atoms with Crippen LogP contribution in [0.3, 0.4) is 0 Å². The van der Waals surface area contributed by atoms with E-state index in [2.05, 4.69) is 11.8 Å². The Hall–Kier alpha value is -2.79. The minimum absolute atomic E-state index is 0.284. The van der Waals surface area contributed by atoms with Gasteiger partial charge in [0.2, 0.25) is 0 Å². The molecule has 0 bridgehead atoms. The number of nitrogens with zero attached hydrogens (tertiary/aromatic N) is 2. The molecule has 0 N–H and O–H groups in total. The van der Waals surface area contributed by atoms with Gasteiger partial charge in [0.1, 0.15) is 11.4 Å². The molecule has 0 unspecified atom stereocenters. The van der Waals surface area contributed by atoms with Crippen LogP contribution in [0.5, 0.6) is 5.75 Å². The number of aryl methyl sites for hydroxylation is 1. The van der Waals surface area contributed by atoms with Crippen LogP contribution < -0.4 is 9.64 Å². The second kappa shape index (κ2) is 9.15. The SMILES string of the molecule is CCCOc1ccc(C2=C(N3CCCCC3)C(=O)N(c3ccc(C)c(Cl)c3)C2=O)cc1. The van der Waals surface area contributed by atoms with E-state index in [9.17, 15) is 9.59 Å². The van der Waals surface area contributed by atoms with Gasteiger partial charge in [0.25, 0.3) is 11.8 Å². The van der Waals surface area contributed by atoms with E-state index in [0.717, 1.165) is 55.6 Å². The molecule has 1 fully saturated rings. The maximum absolute atomic E-state index is 13.6. The first-order chi connectivity index (χ1) is 15.0. The van der Waals surface area contributed by atoms with Crippen molar-refractivity contribution in [2.75, 3.05) is 24.6 Å². The van der Waals surface area contributed by atoms with Gasteiger partial charge < -0.3 is 9.64 Å². The Morgan fingerprint density at radius 3 is 2.32 bits per heavy atom. The molecule has 0 aliphatic carbocycles. The quantitative estimate of drug-likeness (QED) is 0.581. The van der Waals surface area contributed by atoms with Gasteiger partial charge in [-0.1, -0.05) is 36.7 Å². The number of carbonyl (C=O) groups excluding carboxylic acids is 2. The highest BCUT2D eigenvalue weighted by Crippen LogP contribution is 2.37. The predicted octanol–water partition coefficient (Wildman–Crippen LogP) is 5.21. The van der Waals surface area contributed by atoms with E-state index >= 15 is 0 Å². The number of rotatable bonds is 6. The van der Waals surface area contributed by atoms with Crippen LogP contribution in [0.15, 0.2) is 48.2 Å². The smallest absolute Gasteiger partial charge is 0.282 e. The Kier molecular flexibility index (Phi) is 6.33. The number of likely N-dealkylation sites (tertiary alicyclic amines) is 1. The number of ether oxygens (including phenoxy) is 1. The van der Waals surface area contributed by atoms with Crippen LogP contribution in [0, 0.1) is 6.92 Å². The minimum Gasteiger partial charge on any atom is -0.494 e. The normalized spacial score (nSPS) is 17.0. The molecule has 6 heteroatoms. The summed E-state index contributed by atoms with van der Waals surface area (Å²) >= 11 is 6.30. The summed E-state index contributed by atoms with van der Waals surface area (Å²) in [5.74, 6) is 0.158. The third-order valence-corrected chi connectivity index (χ3v) is 6.17. The molecule has 2 aromatic carbocycles. The van der Waals surface area contributed by atoms with Crippen LogP contribution in [0.25, 0.3) is 5.57 Å². The predicted molar refractivity (Wildman–Crippen MR) is 123 cm³/mol. The van der Waals surface area contributed by atoms with E-state index in [0.29, 0.717) is 28.6 Å². The molecule has 0 spiro atoms. The summed E-state index contributed by atoms with van der Waals surface area (Å²) in [6.07, 6.45) is 4.09. The third-order valence-electron chi connectivity index (χ3n) is 5.76. The van der Waals surface area contributed by atoms with E-state index < -0.39 is 0 Å². The van der Waals surface area contributed by atoms with Crippen molar-refractivity contribution >= 4 is 34.7 Å². The number of benzene rings is 2. The Bertz CT molecular complexity index is 1020. The minimum atomic E-state index is -0.312. The molecule has 2 amide bonds. The van der Waals surface area contributed by atoms with Gasteiger partial charge in [-0.25, -0.2) is 4.90 Å². The molecule has 0 saturated carbocycles. The van der Waals surface area contributed by atoms with Crippen molar-refractivity contribution in [1.82, 2.24) is 4.90 Å². The maximum Gasteiger partial charge on any atom is 0.282 e. The lowest BCUT2D eigenvalue weighted by Crippen LogP contribution is -2.37. The van der Waals surface area contributed by atoms with Crippen molar-refractivity contribution < 1.29 is 14.3 Å². The van der Waals surface area contributed by atoms with Gasteiger partial charge in [-0.15, -0.1) is 0 Å². The molecule has 2 aromatic rings. The third kappa shape index (κ3) is 4.19. The highest BCUT2D eigenvalue weighted by atomic mass is 35.5. The van der Waals surface area contributed by atoms with Crippen molar-refractivity contribution in [3.63, 3.8) is 0 Å². The van der Waals surface area contributed by atoms with Crippen LogP contribution in [-0.2, 0) is 9.59 Å². The molecule has 0 atom stereocenters. The number of carbonyl (C=O) groups is 2. The lowest BCUT2D eigenvalue weighted by atomic mass is 10.0. The fraction of sp³-hybridized carbons (Fsp3) is 0.360. The largest absolute Gasteiger partial charge is 0.494 e. The van der Waals surface area contributed by atoms with Crippen LogP contribution in [0.2, 0.25) is 5.02 Å². The summed E-state index contributed by atoms with van der Waals surface area (Å²) < 4.78 is 5.68. The summed E-state index contributed by atoms with van der Waals surface area (Å²) in [4.78, 5) is 30.4. The maximum atomic E-state index is 13.6. The first-order valence-corrected chi connectivity index (χ1v) is 11.3. The van der Waals surface area contributed by atoms with Crippen LogP contribution in [-0.4, -0.2) is 36.4 Å². The monoisotopic (exact) mass is 438 g/mol. The standard InChI is InChI=1S/C25H27ClN2O3/c1-3-15-31-20-11-8-18(9-12-20)22-23(27-13-5-4-6-14-27)25(30)28(24(22)29)19-10-7-17(2)21(26)16-19/h7-12,16H,3-6,13-15H2,1-2H3. The van der Waals surface area contributed by atoms with Gasteiger partial charge in [-0.2, -0.15) is 0 Å². The molecule has 4 rings (SSSR count). The molecule has 162 valence electrons. The number of hydrogen-bond donors (Lipinski definition) is 0. The first kappa shape index (κ1) is 21.4. The summed E-state index contributed by atoms with van der Waals surface area (Å²) in [5.41, 5.74) is 3.06.